The molecule has 0 unspecified atom stereocenters. The number of hydrogen-bond donors (Lipinski definition) is 2. The number of nitrogens with one attached hydrogen (secondary N) is 1. The zero-order chi connectivity index (χ0) is 15.5. The summed E-state index contributed by atoms with van der Waals surface area (Å²) < 4.78 is 24.3. The lowest BCUT2D eigenvalue weighted by atomic mass is 10.2. The van der Waals surface area contributed by atoms with Crippen LogP contribution in [-0.4, -0.2) is 32.0 Å². The van der Waals surface area contributed by atoms with Crippen molar-refractivity contribution in [1.82, 2.24) is 5.32 Å². The van der Waals surface area contributed by atoms with Crippen LogP contribution >= 0.6 is 0 Å². The number of carbonyl (C=O) groups is 2. The van der Waals surface area contributed by atoms with Crippen molar-refractivity contribution in [3.05, 3.63) is 30.3 Å². The Hall–Kier alpha value is -1.89. The normalized spacial score (nSPS) is 16.2. The summed E-state index contributed by atoms with van der Waals surface area (Å²) >= 11 is 0. The van der Waals surface area contributed by atoms with E-state index in [1.807, 2.05) is 0 Å². The van der Waals surface area contributed by atoms with E-state index >= 15 is 0 Å². The lowest BCUT2D eigenvalue weighted by Gasteiger charge is -2.15. The van der Waals surface area contributed by atoms with Crippen LogP contribution in [0.4, 0.5) is 0 Å². The van der Waals surface area contributed by atoms with Crippen molar-refractivity contribution in [2.75, 3.05) is 5.75 Å². The molecule has 1 aromatic rings. The van der Waals surface area contributed by atoms with E-state index in [1.165, 1.54) is 12.1 Å². The molecule has 0 radical (unpaired) electrons. The van der Waals surface area contributed by atoms with Crippen molar-refractivity contribution in [3.63, 3.8) is 0 Å². The van der Waals surface area contributed by atoms with Crippen molar-refractivity contribution in [1.29, 1.82) is 0 Å². The number of hydrogen-bond acceptors (Lipinski definition) is 4. The molecule has 0 bridgehead atoms. The van der Waals surface area contributed by atoms with Crippen molar-refractivity contribution in [2.45, 2.75) is 30.2 Å². The van der Waals surface area contributed by atoms with Gasteiger partial charge < -0.3 is 11.1 Å². The van der Waals surface area contributed by atoms with Gasteiger partial charge in [0.1, 0.15) is 6.04 Å². The fraction of sp³-hybridized carbons (Fsp3) is 0.429. The highest BCUT2D eigenvalue weighted by atomic mass is 32.2. The largest absolute Gasteiger partial charge is 0.368 e. The number of carbonyl (C=O) groups excluding carboxylic acids is 2. The number of nitrogens with two attached hydrogens (primary N) is 1. The van der Waals surface area contributed by atoms with E-state index in [1.54, 1.807) is 18.2 Å². The van der Waals surface area contributed by atoms with Gasteiger partial charge in [0.25, 0.3) is 0 Å². The predicted octanol–water partition coefficient (Wildman–Crippen LogP) is 0.230. The topological polar surface area (TPSA) is 106 Å². The third-order valence-corrected chi connectivity index (χ3v) is 5.15. The highest BCUT2D eigenvalue weighted by Gasteiger charge is 2.32. The average Bonchev–Trinajstić information content (AvgIpc) is 3.28. The van der Waals surface area contributed by atoms with E-state index in [4.69, 9.17) is 5.73 Å². The van der Waals surface area contributed by atoms with Crippen LogP contribution in [0.25, 0.3) is 0 Å². The second-order valence-electron chi connectivity index (χ2n) is 5.16. The summed E-state index contributed by atoms with van der Waals surface area (Å²) in [6.07, 6.45) is 1.59. The molecule has 21 heavy (non-hydrogen) atoms. The molecule has 0 saturated heterocycles. The molecule has 1 fully saturated rings. The Kier molecular flexibility index (Phi) is 4.62. The molecule has 7 heteroatoms. The first-order valence-corrected chi connectivity index (χ1v) is 8.43. The summed E-state index contributed by atoms with van der Waals surface area (Å²) in [5, 5.41) is 2.52. The highest BCUT2D eigenvalue weighted by Crippen LogP contribution is 2.29. The van der Waals surface area contributed by atoms with E-state index < -0.39 is 21.8 Å². The average molecular weight is 310 g/mol. The van der Waals surface area contributed by atoms with Gasteiger partial charge >= 0.3 is 0 Å². The fourth-order valence-electron chi connectivity index (χ4n) is 1.94. The molecule has 0 spiro atoms. The quantitative estimate of drug-likeness (QED) is 0.752. The standard InChI is InChI=1S/C14H18N2O4S/c15-13(17)12(16-14(18)10-6-7-10)8-9-21(19,20)11-4-2-1-3-5-11/h1-5,10,12H,6-9H2,(H2,15,17)(H,16,18)/t12-/m1/s1. The van der Waals surface area contributed by atoms with E-state index in [-0.39, 0.29) is 28.9 Å². The van der Waals surface area contributed by atoms with Crippen molar-refractivity contribution < 1.29 is 18.0 Å². The SMILES string of the molecule is NC(=O)[C@@H](CCS(=O)(=O)c1ccccc1)NC(=O)C1CC1. The zero-order valence-electron chi connectivity index (χ0n) is 11.5. The minimum atomic E-state index is -3.49. The van der Waals surface area contributed by atoms with Crippen LogP contribution in [0.2, 0.25) is 0 Å². The Morgan fingerprint density at radius 1 is 1.24 bits per heavy atom. The van der Waals surface area contributed by atoms with E-state index in [0.29, 0.717) is 0 Å². The van der Waals surface area contributed by atoms with Crippen molar-refractivity contribution in [3.8, 4) is 0 Å². The van der Waals surface area contributed by atoms with E-state index in [2.05, 4.69) is 5.32 Å². The van der Waals surface area contributed by atoms with Gasteiger partial charge in [-0.1, -0.05) is 18.2 Å². The van der Waals surface area contributed by atoms with Crippen LogP contribution in [0.1, 0.15) is 19.3 Å². The van der Waals surface area contributed by atoms with Gasteiger partial charge in [0, 0.05) is 5.92 Å². The van der Waals surface area contributed by atoms with Gasteiger partial charge in [-0.2, -0.15) is 0 Å². The molecule has 2 rings (SSSR count). The summed E-state index contributed by atoms with van der Waals surface area (Å²) in [5.41, 5.74) is 5.23. The monoisotopic (exact) mass is 310 g/mol. The maximum atomic E-state index is 12.1. The lowest BCUT2D eigenvalue weighted by Crippen LogP contribution is -2.46. The van der Waals surface area contributed by atoms with Gasteiger partial charge in [0.05, 0.1) is 10.6 Å². The molecule has 1 aromatic carbocycles. The Bertz CT molecular complexity index is 624. The number of sulfone groups is 1. The van der Waals surface area contributed by atoms with Gasteiger partial charge in [-0.15, -0.1) is 0 Å². The maximum absolute atomic E-state index is 12.1. The van der Waals surface area contributed by atoms with Gasteiger partial charge in [0.2, 0.25) is 11.8 Å². The number of amides is 2. The van der Waals surface area contributed by atoms with E-state index in [0.717, 1.165) is 12.8 Å². The highest BCUT2D eigenvalue weighted by molar-refractivity contribution is 7.91. The molecule has 1 aliphatic carbocycles. The molecular formula is C14H18N2O4S. The minimum Gasteiger partial charge on any atom is -0.368 e. The summed E-state index contributed by atoms with van der Waals surface area (Å²) in [4.78, 5) is 23.2. The Balaban J connectivity index is 1.98. The molecule has 3 N–H and O–H groups in total. The van der Waals surface area contributed by atoms with Crippen LogP contribution < -0.4 is 11.1 Å². The lowest BCUT2D eigenvalue weighted by molar-refractivity contribution is -0.128. The van der Waals surface area contributed by atoms with Gasteiger partial charge in [0.15, 0.2) is 9.84 Å². The summed E-state index contributed by atoms with van der Waals surface area (Å²) in [5.74, 6) is -1.24. The smallest absolute Gasteiger partial charge is 0.240 e. The molecular weight excluding hydrogens is 292 g/mol. The van der Waals surface area contributed by atoms with Gasteiger partial charge in [-0.3, -0.25) is 9.59 Å². The minimum absolute atomic E-state index is 0.0228. The summed E-state index contributed by atoms with van der Waals surface area (Å²) in [6.45, 7) is 0. The maximum Gasteiger partial charge on any atom is 0.240 e. The molecule has 6 nitrogen and oxygen atoms in total. The molecule has 0 heterocycles. The van der Waals surface area contributed by atoms with Crippen LogP contribution in [0, 0.1) is 5.92 Å². The van der Waals surface area contributed by atoms with Crippen molar-refractivity contribution in [2.24, 2.45) is 11.7 Å². The number of rotatable bonds is 7. The fourth-order valence-corrected chi connectivity index (χ4v) is 3.29. The first kappa shape index (κ1) is 15.5. The van der Waals surface area contributed by atoms with E-state index in [9.17, 15) is 18.0 Å². The van der Waals surface area contributed by atoms with Crippen molar-refractivity contribution >= 4 is 21.7 Å². The second-order valence-corrected chi connectivity index (χ2v) is 7.27. The molecule has 1 saturated carbocycles. The zero-order valence-corrected chi connectivity index (χ0v) is 12.3. The van der Waals surface area contributed by atoms with Gasteiger partial charge in [-0.05, 0) is 31.4 Å². The Labute approximate surface area is 123 Å². The first-order chi connectivity index (χ1) is 9.90. The Morgan fingerprint density at radius 3 is 2.38 bits per heavy atom. The summed E-state index contributed by atoms with van der Waals surface area (Å²) in [7, 11) is -3.49. The third-order valence-electron chi connectivity index (χ3n) is 3.39. The number of primary amides is 1. The first-order valence-electron chi connectivity index (χ1n) is 6.77. The molecule has 114 valence electrons. The van der Waals surface area contributed by atoms with Crippen LogP contribution in [0.5, 0.6) is 0 Å². The molecule has 0 aliphatic heterocycles. The molecule has 1 aliphatic rings. The molecule has 2 amide bonds. The predicted molar refractivity (Wildman–Crippen MR) is 77.0 cm³/mol. The third kappa shape index (κ3) is 4.29. The summed E-state index contributed by atoms with van der Waals surface area (Å²) in [6, 6.07) is 7.04. The van der Waals surface area contributed by atoms with Crippen LogP contribution in [0.15, 0.2) is 35.2 Å². The molecule has 1 atom stereocenters. The number of benzene rings is 1. The van der Waals surface area contributed by atoms with Crippen LogP contribution in [-0.2, 0) is 19.4 Å². The Morgan fingerprint density at radius 2 is 1.86 bits per heavy atom. The molecule has 0 aromatic heterocycles. The van der Waals surface area contributed by atoms with Crippen LogP contribution in [0.3, 0.4) is 0 Å². The van der Waals surface area contributed by atoms with Gasteiger partial charge in [-0.25, -0.2) is 8.42 Å². The second kappa shape index (κ2) is 6.26.